The van der Waals surface area contributed by atoms with E-state index in [1.807, 2.05) is 18.2 Å². The lowest BCUT2D eigenvalue weighted by atomic mass is 9.96. The molecule has 1 aliphatic rings. The normalized spacial score (nSPS) is 15.1. The van der Waals surface area contributed by atoms with Crippen LogP contribution in [0.15, 0.2) is 59.6 Å². The summed E-state index contributed by atoms with van der Waals surface area (Å²) in [5.41, 5.74) is 3.60. The van der Waals surface area contributed by atoms with E-state index in [0.29, 0.717) is 19.8 Å². The van der Waals surface area contributed by atoms with Crippen LogP contribution in [-0.4, -0.2) is 44.2 Å². The molecule has 168 valence electrons. The van der Waals surface area contributed by atoms with Gasteiger partial charge in [0, 0.05) is 33.4 Å². The molecule has 1 fully saturated rings. The van der Waals surface area contributed by atoms with Crippen molar-refractivity contribution in [2.75, 3.05) is 33.4 Å². The molecule has 0 amide bonds. The minimum Gasteiger partial charge on any atom is -0.381 e. The minimum atomic E-state index is 0.594. The number of ether oxygens (including phenoxy) is 2. The van der Waals surface area contributed by atoms with Gasteiger partial charge in [0.2, 0.25) is 0 Å². The maximum absolute atomic E-state index is 5.97. The summed E-state index contributed by atoms with van der Waals surface area (Å²) in [5.74, 6) is 1.73. The topological polar surface area (TPSA) is 46.1 Å². The molecule has 0 unspecified atom stereocenters. The molecule has 0 bridgehead atoms. The van der Waals surface area contributed by atoms with Crippen molar-refractivity contribution >= 4 is 5.96 Å². The maximum atomic E-state index is 5.97. The third kappa shape index (κ3) is 8.00. The van der Waals surface area contributed by atoms with Gasteiger partial charge in [0.1, 0.15) is 0 Å². The Hall–Kier alpha value is -2.37. The molecule has 5 nitrogen and oxygen atoms in total. The molecule has 0 aliphatic carbocycles. The van der Waals surface area contributed by atoms with Gasteiger partial charge in [0.15, 0.2) is 5.96 Å². The van der Waals surface area contributed by atoms with E-state index >= 15 is 0 Å². The second-order valence-corrected chi connectivity index (χ2v) is 8.18. The van der Waals surface area contributed by atoms with Gasteiger partial charge in [0.25, 0.3) is 0 Å². The van der Waals surface area contributed by atoms with Gasteiger partial charge in [-0.15, -0.1) is 0 Å². The van der Waals surface area contributed by atoms with Crippen molar-refractivity contribution in [1.82, 2.24) is 10.2 Å². The number of nitrogens with one attached hydrogen (secondary N) is 1. The summed E-state index contributed by atoms with van der Waals surface area (Å²) in [7, 11) is 2.13. The smallest absolute Gasteiger partial charge is 0.193 e. The first-order chi connectivity index (χ1) is 15.3. The molecule has 31 heavy (non-hydrogen) atoms. The second-order valence-electron chi connectivity index (χ2n) is 8.18. The quantitative estimate of drug-likeness (QED) is 0.447. The lowest BCUT2D eigenvalue weighted by Gasteiger charge is -2.27. The van der Waals surface area contributed by atoms with Crippen molar-refractivity contribution in [2.24, 2.45) is 10.9 Å². The van der Waals surface area contributed by atoms with Crippen LogP contribution in [0.25, 0.3) is 0 Å². The molecule has 3 rings (SSSR count). The SMILES string of the molecule is CCNC(=NCc1ccccc1COCc1ccccc1)N(C)CCC1CCOCC1. The molecular formula is C26H37N3O2. The van der Waals surface area contributed by atoms with Crippen LogP contribution >= 0.6 is 0 Å². The van der Waals surface area contributed by atoms with E-state index in [0.717, 1.165) is 38.2 Å². The van der Waals surface area contributed by atoms with Crippen LogP contribution in [0.1, 0.15) is 42.9 Å². The van der Waals surface area contributed by atoms with Crippen molar-refractivity contribution in [2.45, 2.75) is 45.9 Å². The van der Waals surface area contributed by atoms with Crippen molar-refractivity contribution in [3.63, 3.8) is 0 Å². The zero-order valence-electron chi connectivity index (χ0n) is 19.1. The molecule has 0 atom stereocenters. The van der Waals surface area contributed by atoms with Crippen LogP contribution in [0.5, 0.6) is 0 Å². The Morgan fingerprint density at radius 3 is 2.48 bits per heavy atom. The molecule has 1 N–H and O–H groups in total. The molecule has 1 heterocycles. The zero-order valence-corrected chi connectivity index (χ0v) is 19.1. The lowest BCUT2D eigenvalue weighted by molar-refractivity contribution is 0.0625. The summed E-state index contributed by atoms with van der Waals surface area (Å²) in [6, 6.07) is 18.7. The van der Waals surface area contributed by atoms with Gasteiger partial charge >= 0.3 is 0 Å². The number of hydrogen-bond donors (Lipinski definition) is 1. The zero-order chi connectivity index (χ0) is 21.7. The Morgan fingerprint density at radius 1 is 1.03 bits per heavy atom. The van der Waals surface area contributed by atoms with Crippen molar-refractivity contribution < 1.29 is 9.47 Å². The summed E-state index contributed by atoms with van der Waals surface area (Å²) >= 11 is 0. The van der Waals surface area contributed by atoms with Crippen LogP contribution in [0.2, 0.25) is 0 Å². The van der Waals surface area contributed by atoms with E-state index in [1.165, 1.54) is 36.0 Å². The van der Waals surface area contributed by atoms with Gasteiger partial charge in [-0.05, 0) is 48.8 Å². The third-order valence-corrected chi connectivity index (χ3v) is 5.80. The van der Waals surface area contributed by atoms with Crippen LogP contribution < -0.4 is 5.32 Å². The first-order valence-electron chi connectivity index (χ1n) is 11.5. The number of guanidine groups is 1. The minimum absolute atomic E-state index is 0.594. The van der Waals surface area contributed by atoms with Crippen LogP contribution in [-0.2, 0) is 29.2 Å². The Kier molecular flexibility index (Phi) is 9.87. The summed E-state index contributed by atoms with van der Waals surface area (Å²) in [6.45, 7) is 7.67. The molecule has 0 radical (unpaired) electrons. The molecule has 5 heteroatoms. The fraction of sp³-hybridized carbons (Fsp3) is 0.500. The van der Waals surface area contributed by atoms with Crippen molar-refractivity contribution in [1.29, 1.82) is 0 Å². The summed E-state index contributed by atoms with van der Waals surface area (Å²) < 4.78 is 11.5. The van der Waals surface area contributed by atoms with Gasteiger partial charge in [-0.25, -0.2) is 4.99 Å². The molecule has 0 aromatic heterocycles. The number of rotatable bonds is 10. The largest absolute Gasteiger partial charge is 0.381 e. The van der Waals surface area contributed by atoms with Gasteiger partial charge < -0.3 is 19.7 Å². The molecule has 0 saturated carbocycles. The number of hydrogen-bond acceptors (Lipinski definition) is 3. The average molecular weight is 424 g/mol. The first-order valence-corrected chi connectivity index (χ1v) is 11.5. The monoisotopic (exact) mass is 423 g/mol. The van der Waals surface area contributed by atoms with E-state index in [9.17, 15) is 0 Å². The predicted octanol–water partition coefficient (Wildman–Crippen LogP) is 4.62. The van der Waals surface area contributed by atoms with E-state index in [2.05, 4.69) is 60.6 Å². The Morgan fingerprint density at radius 2 is 1.74 bits per heavy atom. The highest BCUT2D eigenvalue weighted by Gasteiger charge is 2.15. The van der Waals surface area contributed by atoms with Gasteiger partial charge in [-0.2, -0.15) is 0 Å². The number of aliphatic imine (C=N–C) groups is 1. The summed E-state index contributed by atoms with van der Waals surface area (Å²) in [4.78, 5) is 7.18. The Balaban J connectivity index is 1.55. The predicted molar refractivity (Wildman–Crippen MR) is 127 cm³/mol. The van der Waals surface area contributed by atoms with Crippen molar-refractivity contribution in [3.05, 3.63) is 71.3 Å². The average Bonchev–Trinajstić information content (AvgIpc) is 2.82. The van der Waals surface area contributed by atoms with Crippen LogP contribution in [0.4, 0.5) is 0 Å². The van der Waals surface area contributed by atoms with Gasteiger partial charge in [0.05, 0.1) is 19.8 Å². The first kappa shape index (κ1) is 23.3. The summed E-state index contributed by atoms with van der Waals surface area (Å²) in [5, 5.41) is 3.44. The van der Waals surface area contributed by atoms with E-state index in [-0.39, 0.29) is 0 Å². The maximum Gasteiger partial charge on any atom is 0.193 e. The fourth-order valence-corrected chi connectivity index (χ4v) is 3.85. The van der Waals surface area contributed by atoms with Crippen LogP contribution in [0, 0.1) is 5.92 Å². The number of benzene rings is 2. The number of nitrogens with zero attached hydrogens (tertiary/aromatic N) is 2. The highest BCUT2D eigenvalue weighted by Crippen LogP contribution is 2.18. The Labute approximate surface area is 187 Å². The Bertz CT molecular complexity index is 788. The van der Waals surface area contributed by atoms with Gasteiger partial charge in [-0.3, -0.25) is 0 Å². The standard InChI is InChI=1S/C26H37N3O2/c1-3-27-26(29(2)16-13-22-14-17-30-18-15-22)28-19-24-11-7-8-12-25(24)21-31-20-23-9-5-4-6-10-23/h4-12,22H,3,13-21H2,1-2H3,(H,27,28). The molecule has 2 aromatic rings. The van der Waals surface area contributed by atoms with E-state index in [1.54, 1.807) is 0 Å². The van der Waals surface area contributed by atoms with Crippen molar-refractivity contribution in [3.8, 4) is 0 Å². The molecule has 1 saturated heterocycles. The molecule has 0 spiro atoms. The molecule has 2 aromatic carbocycles. The molecule has 1 aliphatic heterocycles. The van der Waals surface area contributed by atoms with Gasteiger partial charge in [-0.1, -0.05) is 54.6 Å². The highest BCUT2D eigenvalue weighted by atomic mass is 16.5. The third-order valence-electron chi connectivity index (χ3n) is 5.80. The van der Waals surface area contributed by atoms with E-state index in [4.69, 9.17) is 14.5 Å². The molecular weight excluding hydrogens is 386 g/mol. The highest BCUT2D eigenvalue weighted by molar-refractivity contribution is 5.79. The summed E-state index contributed by atoms with van der Waals surface area (Å²) in [6.07, 6.45) is 3.55. The fourth-order valence-electron chi connectivity index (χ4n) is 3.85. The second kappa shape index (κ2) is 13.1. The lowest BCUT2D eigenvalue weighted by Crippen LogP contribution is -2.40. The van der Waals surface area contributed by atoms with E-state index < -0.39 is 0 Å². The van der Waals surface area contributed by atoms with Crippen LogP contribution in [0.3, 0.4) is 0 Å².